The molecular formula is C18H14ClN3O3. The van der Waals surface area contributed by atoms with Gasteiger partial charge in [0.25, 0.3) is 0 Å². The van der Waals surface area contributed by atoms with Gasteiger partial charge >= 0.3 is 5.97 Å². The number of fused-ring (bicyclic) bond motifs is 2. The normalized spacial score (nSPS) is 12.3. The van der Waals surface area contributed by atoms with Crippen molar-refractivity contribution in [3.63, 3.8) is 0 Å². The van der Waals surface area contributed by atoms with Gasteiger partial charge in [0.15, 0.2) is 5.36 Å². The summed E-state index contributed by atoms with van der Waals surface area (Å²) in [6.07, 6.45) is 3.63. The van der Waals surface area contributed by atoms with Crippen molar-refractivity contribution < 1.29 is 14.4 Å². The van der Waals surface area contributed by atoms with Gasteiger partial charge in [-0.1, -0.05) is 16.8 Å². The highest BCUT2D eigenvalue weighted by Crippen LogP contribution is 2.30. The van der Waals surface area contributed by atoms with Gasteiger partial charge < -0.3 is 14.0 Å². The van der Waals surface area contributed by atoms with Crippen LogP contribution in [-0.2, 0) is 14.4 Å². The van der Waals surface area contributed by atoms with E-state index in [2.05, 4.69) is 10.1 Å². The molecule has 3 aromatic heterocycles. The number of carbonyl (C=O) groups excluding carboxylic acids is 1. The number of nitrogens with zero attached hydrogens (tertiary/aromatic N) is 3. The zero-order chi connectivity index (χ0) is 17.4. The molecule has 7 heteroatoms. The van der Waals surface area contributed by atoms with E-state index >= 15 is 0 Å². The number of pyridine rings is 2. The first kappa shape index (κ1) is 15.7. The monoisotopic (exact) mass is 355 g/mol. The van der Waals surface area contributed by atoms with Crippen molar-refractivity contribution in [3.8, 4) is 0 Å². The summed E-state index contributed by atoms with van der Waals surface area (Å²) in [4.78, 5) is 21.1. The average Bonchev–Trinajstić information content (AvgIpc) is 3.09. The number of benzene rings is 1. The number of ether oxygens (including phenoxy) is 1. The van der Waals surface area contributed by atoms with Gasteiger partial charge in [-0.15, -0.1) is 0 Å². The fraction of sp³-hybridized carbons (Fsp3) is 0.167. The molecule has 0 saturated heterocycles. The maximum Gasteiger partial charge on any atom is 0.347 e. The first-order chi connectivity index (χ1) is 12.2. The van der Waals surface area contributed by atoms with Crippen molar-refractivity contribution in [2.45, 2.75) is 6.92 Å². The predicted octanol–water partition coefficient (Wildman–Crippen LogP) is 3.13. The molecule has 0 aliphatic heterocycles. The standard InChI is InChI=1S/C18H14ClN3O3/c1-2-24-15(23)10-25-21-17-14-4-3-9-22(14)13-6-5-12(19)11-7-8-20-18(17)16(11)13/h3-9H,2,10H2,1H3. The Morgan fingerprint density at radius 1 is 1.28 bits per heavy atom. The molecule has 126 valence electrons. The molecule has 0 atom stereocenters. The average molecular weight is 356 g/mol. The topological polar surface area (TPSA) is 65.2 Å². The lowest BCUT2D eigenvalue weighted by Crippen LogP contribution is -2.15. The number of carbonyl (C=O) groups is 1. The van der Waals surface area contributed by atoms with Crippen LogP contribution in [0.4, 0.5) is 0 Å². The van der Waals surface area contributed by atoms with E-state index in [0.717, 1.165) is 21.8 Å². The van der Waals surface area contributed by atoms with Crippen molar-refractivity contribution in [3.05, 3.63) is 53.1 Å². The maximum atomic E-state index is 11.5. The maximum absolute atomic E-state index is 11.5. The number of halogens is 1. The third kappa shape index (κ3) is 2.55. The molecule has 0 fully saturated rings. The van der Waals surface area contributed by atoms with Crippen LogP contribution in [0.2, 0.25) is 5.02 Å². The molecule has 4 aromatic rings. The third-order valence-corrected chi connectivity index (χ3v) is 4.30. The molecule has 6 nitrogen and oxygen atoms in total. The van der Waals surface area contributed by atoms with Crippen molar-refractivity contribution in [2.75, 3.05) is 13.2 Å². The largest absolute Gasteiger partial charge is 0.463 e. The minimum Gasteiger partial charge on any atom is -0.463 e. The van der Waals surface area contributed by atoms with Crippen molar-refractivity contribution in [1.29, 1.82) is 0 Å². The van der Waals surface area contributed by atoms with E-state index in [-0.39, 0.29) is 6.61 Å². The van der Waals surface area contributed by atoms with Crippen LogP contribution >= 0.6 is 11.6 Å². The first-order valence-electron chi connectivity index (χ1n) is 7.82. The number of esters is 1. The Balaban J connectivity index is 1.98. The SMILES string of the molecule is CCOC(=O)CON=c1c2nccc3c(Cl)ccc(c32)n2cccc12. The minimum absolute atomic E-state index is 0.254. The number of hydrogen-bond acceptors (Lipinski definition) is 5. The zero-order valence-electron chi connectivity index (χ0n) is 13.4. The summed E-state index contributed by atoms with van der Waals surface area (Å²) in [5.74, 6) is -0.465. The second kappa shape index (κ2) is 6.22. The minimum atomic E-state index is -0.465. The summed E-state index contributed by atoms with van der Waals surface area (Å²) in [5, 5.41) is 7.15. The number of aromatic nitrogens is 2. The summed E-state index contributed by atoms with van der Waals surface area (Å²) in [7, 11) is 0. The van der Waals surface area contributed by atoms with Crippen LogP contribution in [0, 0.1) is 0 Å². The van der Waals surface area contributed by atoms with Gasteiger partial charge in [-0.05, 0) is 37.3 Å². The van der Waals surface area contributed by atoms with Gasteiger partial charge in [-0.3, -0.25) is 4.98 Å². The molecule has 25 heavy (non-hydrogen) atoms. The summed E-state index contributed by atoms with van der Waals surface area (Å²) < 4.78 is 6.84. The van der Waals surface area contributed by atoms with Gasteiger partial charge in [-0.2, -0.15) is 0 Å². The molecule has 0 spiro atoms. The van der Waals surface area contributed by atoms with E-state index in [1.165, 1.54) is 0 Å². The molecular weight excluding hydrogens is 342 g/mol. The van der Waals surface area contributed by atoms with Gasteiger partial charge in [0, 0.05) is 28.2 Å². The van der Waals surface area contributed by atoms with Crippen LogP contribution in [0.5, 0.6) is 0 Å². The van der Waals surface area contributed by atoms with Crippen molar-refractivity contribution in [2.24, 2.45) is 5.16 Å². The fourth-order valence-electron chi connectivity index (χ4n) is 2.97. The van der Waals surface area contributed by atoms with E-state index in [1.54, 1.807) is 13.1 Å². The Labute approximate surface area is 147 Å². The Kier molecular flexibility index (Phi) is 3.89. The molecule has 0 aliphatic rings. The fourth-order valence-corrected chi connectivity index (χ4v) is 3.19. The molecule has 0 aliphatic carbocycles. The molecule has 0 unspecified atom stereocenters. The Morgan fingerprint density at radius 3 is 3.00 bits per heavy atom. The predicted molar refractivity (Wildman–Crippen MR) is 94.5 cm³/mol. The molecule has 0 N–H and O–H groups in total. The first-order valence-corrected chi connectivity index (χ1v) is 8.19. The lowest BCUT2D eigenvalue weighted by atomic mass is 10.1. The highest BCUT2D eigenvalue weighted by atomic mass is 35.5. The third-order valence-electron chi connectivity index (χ3n) is 3.97. The van der Waals surface area contributed by atoms with E-state index in [4.69, 9.17) is 21.2 Å². The number of rotatable bonds is 4. The summed E-state index contributed by atoms with van der Waals surface area (Å²) in [5.41, 5.74) is 2.48. The van der Waals surface area contributed by atoms with Gasteiger partial charge in [0.2, 0.25) is 6.61 Å². The number of hydrogen-bond donors (Lipinski definition) is 0. The molecule has 3 heterocycles. The van der Waals surface area contributed by atoms with Crippen LogP contribution in [0.15, 0.2) is 47.9 Å². The van der Waals surface area contributed by atoms with Gasteiger partial charge in [-0.25, -0.2) is 4.79 Å². The molecule has 0 bridgehead atoms. The summed E-state index contributed by atoms with van der Waals surface area (Å²) >= 11 is 6.34. The Bertz CT molecular complexity index is 1150. The van der Waals surface area contributed by atoms with Crippen LogP contribution in [0.25, 0.3) is 27.3 Å². The summed E-state index contributed by atoms with van der Waals surface area (Å²) in [6.45, 7) is 1.79. The lowest BCUT2D eigenvalue weighted by molar-refractivity contribution is -0.148. The zero-order valence-corrected chi connectivity index (χ0v) is 14.2. The quantitative estimate of drug-likeness (QED) is 0.417. The van der Waals surface area contributed by atoms with Crippen molar-refractivity contribution in [1.82, 2.24) is 9.38 Å². The van der Waals surface area contributed by atoms with Crippen molar-refractivity contribution >= 4 is 44.9 Å². The molecule has 0 saturated carbocycles. The van der Waals surface area contributed by atoms with Crippen LogP contribution in [0.1, 0.15) is 6.92 Å². The molecule has 0 amide bonds. The van der Waals surface area contributed by atoms with Gasteiger partial charge in [0.05, 0.1) is 17.6 Å². The Morgan fingerprint density at radius 2 is 2.16 bits per heavy atom. The van der Waals surface area contributed by atoms with Gasteiger partial charge in [0.1, 0.15) is 5.52 Å². The molecule has 4 rings (SSSR count). The van der Waals surface area contributed by atoms with E-state index in [0.29, 0.717) is 22.5 Å². The lowest BCUT2D eigenvalue weighted by Gasteiger charge is -2.10. The molecule has 0 radical (unpaired) electrons. The highest BCUT2D eigenvalue weighted by Gasteiger charge is 2.13. The van der Waals surface area contributed by atoms with Crippen LogP contribution in [-0.4, -0.2) is 28.6 Å². The second-order valence-corrected chi connectivity index (χ2v) is 5.84. The van der Waals surface area contributed by atoms with Crippen LogP contribution in [0.3, 0.4) is 0 Å². The van der Waals surface area contributed by atoms with Crippen LogP contribution < -0.4 is 5.36 Å². The smallest absolute Gasteiger partial charge is 0.347 e. The van der Waals surface area contributed by atoms with E-state index in [9.17, 15) is 4.79 Å². The van der Waals surface area contributed by atoms with E-state index < -0.39 is 5.97 Å². The highest BCUT2D eigenvalue weighted by molar-refractivity contribution is 6.37. The Hall–Kier alpha value is -2.86. The van der Waals surface area contributed by atoms with E-state index in [1.807, 2.05) is 40.9 Å². The second-order valence-electron chi connectivity index (χ2n) is 5.43. The molecule has 1 aromatic carbocycles. The summed E-state index contributed by atoms with van der Waals surface area (Å²) in [6, 6.07) is 9.53.